The van der Waals surface area contributed by atoms with Crippen molar-refractivity contribution in [2.24, 2.45) is 0 Å². The van der Waals surface area contributed by atoms with Gasteiger partial charge in [0.25, 0.3) is 0 Å². The Morgan fingerprint density at radius 3 is 2.42 bits per heavy atom. The number of rotatable bonds is 3. The van der Waals surface area contributed by atoms with E-state index in [0.29, 0.717) is 0 Å². The average Bonchev–Trinajstić information content (AvgIpc) is 2.36. The molecule has 0 unspecified atom stereocenters. The minimum atomic E-state index is -0.434. The molecule has 3 heteroatoms. The van der Waals surface area contributed by atoms with Crippen molar-refractivity contribution in [3.05, 3.63) is 57.6 Å². The van der Waals surface area contributed by atoms with Crippen LogP contribution in [0.5, 0.6) is 0 Å². The normalized spacial score (nSPS) is 12.5. The van der Waals surface area contributed by atoms with Crippen molar-refractivity contribution in [3.8, 4) is 0 Å². The third-order valence-electron chi connectivity index (χ3n) is 3.00. The zero-order chi connectivity index (χ0) is 14.0. The van der Waals surface area contributed by atoms with Crippen LogP contribution in [0.1, 0.15) is 29.7 Å². The van der Waals surface area contributed by atoms with E-state index in [1.54, 1.807) is 18.7 Å². The molecule has 0 aromatic heterocycles. The molecule has 19 heavy (non-hydrogen) atoms. The molecule has 0 saturated carbocycles. The summed E-state index contributed by atoms with van der Waals surface area (Å²) in [5, 5.41) is 9.58. The Balaban J connectivity index is 2.31. The Morgan fingerprint density at radius 1 is 1.05 bits per heavy atom. The zero-order valence-corrected chi connectivity index (χ0v) is 13.7. The molecule has 0 radical (unpaired) electrons. The maximum Gasteiger partial charge on any atom is 0.0762 e. The van der Waals surface area contributed by atoms with Gasteiger partial charge in [-0.1, -0.05) is 30.0 Å². The van der Waals surface area contributed by atoms with Gasteiger partial charge in [-0.15, -0.1) is 0 Å². The SMILES string of the molecule is Cc1ccc(C)c(Sc2ccc([C@H](C)O)cc2Br)c1. The predicted octanol–water partition coefficient (Wildman–Crippen LogP) is 5.27. The Labute approximate surface area is 127 Å². The van der Waals surface area contributed by atoms with Crippen molar-refractivity contribution >= 4 is 27.7 Å². The maximum absolute atomic E-state index is 9.58. The molecule has 0 aliphatic heterocycles. The lowest BCUT2D eigenvalue weighted by molar-refractivity contribution is 0.199. The summed E-state index contributed by atoms with van der Waals surface area (Å²) in [5.74, 6) is 0. The lowest BCUT2D eigenvalue weighted by Gasteiger charge is -2.11. The number of hydrogen-bond acceptors (Lipinski definition) is 2. The summed E-state index contributed by atoms with van der Waals surface area (Å²) in [6.45, 7) is 6.01. The minimum absolute atomic E-state index is 0.434. The van der Waals surface area contributed by atoms with Crippen LogP contribution in [0, 0.1) is 13.8 Å². The van der Waals surface area contributed by atoms with Crippen molar-refractivity contribution in [3.63, 3.8) is 0 Å². The Kier molecular flexibility index (Phi) is 4.71. The fraction of sp³-hybridized carbons (Fsp3) is 0.250. The smallest absolute Gasteiger partial charge is 0.0762 e. The van der Waals surface area contributed by atoms with Crippen LogP contribution < -0.4 is 0 Å². The van der Waals surface area contributed by atoms with Crippen LogP contribution in [0.15, 0.2) is 50.7 Å². The third-order valence-corrected chi connectivity index (χ3v) is 5.16. The molecular weight excluding hydrogens is 320 g/mol. The molecule has 100 valence electrons. The van der Waals surface area contributed by atoms with Gasteiger partial charge in [-0.25, -0.2) is 0 Å². The molecule has 0 bridgehead atoms. The zero-order valence-electron chi connectivity index (χ0n) is 11.3. The average molecular weight is 337 g/mol. The van der Waals surface area contributed by atoms with E-state index in [-0.39, 0.29) is 0 Å². The topological polar surface area (TPSA) is 20.2 Å². The van der Waals surface area contributed by atoms with Crippen molar-refractivity contribution in [1.82, 2.24) is 0 Å². The summed E-state index contributed by atoms with van der Waals surface area (Å²) < 4.78 is 1.02. The highest BCUT2D eigenvalue weighted by atomic mass is 79.9. The fourth-order valence-corrected chi connectivity index (χ4v) is 3.44. The minimum Gasteiger partial charge on any atom is -0.389 e. The lowest BCUT2D eigenvalue weighted by atomic mass is 10.1. The second-order valence-electron chi connectivity index (χ2n) is 4.74. The highest BCUT2D eigenvalue weighted by Crippen LogP contribution is 2.36. The Hall–Kier alpha value is -0.770. The molecule has 0 spiro atoms. The first-order chi connectivity index (χ1) is 8.97. The number of benzene rings is 2. The van der Waals surface area contributed by atoms with Gasteiger partial charge in [-0.2, -0.15) is 0 Å². The Bertz CT molecular complexity index is 593. The van der Waals surface area contributed by atoms with E-state index in [4.69, 9.17) is 0 Å². The largest absolute Gasteiger partial charge is 0.389 e. The van der Waals surface area contributed by atoms with E-state index in [0.717, 1.165) is 14.9 Å². The van der Waals surface area contributed by atoms with E-state index in [1.165, 1.54) is 16.0 Å². The van der Waals surface area contributed by atoms with Gasteiger partial charge < -0.3 is 5.11 Å². The van der Waals surface area contributed by atoms with E-state index in [9.17, 15) is 5.11 Å². The van der Waals surface area contributed by atoms with Crippen LogP contribution in [-0.4, -0.2) is 5.11 Å². The molecule has 0 aliphatic rings. The van der Waals surface area contributed by atoms with Crippen LogP contribution in [0.3, 0.4) is 0 Å². The van der Waals surface area contributed by atoms with Gasteiger partial charge in [0, 0.05) is 14.3 Å². The molecule has 2 aromatic carbocycles. The number of halogens is 1. The summed E-state index contributed by atoms with van der Waals surface area (Å²) in [6.07, 6.45) is -0.434. The third kappa shape index (κ3) is 3.62. The van der Waals surface area contributed by atoms with Gasteiger partial charge >= 0.3 is 0 Å². The molecule has 0 heterocycles. The van der Waals surface area contributed by atoms with Crippen LogP contribution in [0.2, 0.25) is 0 Å². The van der Waals surface area contributed by atoms with E-state index >= 15 is 0 Å². The highest BCUT2D eigenvalue weighted by Gasteiger charge is 2.08. The van der Waals surface area contributed by atoms with Gasteiger partial charge in [-0.3, -0.25) is 0 Å². The van der Waals surface area contributed by atoms with E-state index in [1.807, 2.05) is 12.1 Å². The molecule has 2 rings (SSSR count). The van der Waals surface area contributed by atoms with Crippen molar-refractivity contribution in [2.45, 2.75) is 36.7 Å². The van der Waals surface area contributed by atoms with Crippen LogP contribution in [-0.2, 0) is 0 Å². The predicted molar refractivity (Wildman–Crippen MR) is 84.8 cm³/mol. The summed E-state index contributed by atoms with van der Waals surface area (Å²) >= 11 is 5.33. The van der Waals surface area contributed by atoms with Crippen molar-refractivity contribution < 1.29 is 5.11 Å². The van der Waals surface area contributed by atoms with Gasteiger partial charge in [-0.05, 0) is 71.6 Å². The van der Waals surface area contributed by atoms with Gasteiger partial charge in [0.15, 0.2) is 0 Å². The van der Waals surface area contributed by atoms with E-state index in [2.05, 4.69) is 54.0 Å². The summed E-state index contributed by atoms with van der Waals surface area (Å²) in [5.41, 5.74) is 3.48. The van der Waals surface area contributed by atoms with Crippen LogP contribution >= 0.6 is 27.7 Å². The summed E-state index contributed by atoms with van der Waals surface area (Å²) in [7, 11) is 0. The molecule has 0 fully saturated rings. The number of aliphatic hydroxyl groups excluding tert-OH is 1. The summed E-state index contributed by atoms with van der Waals surface area (Å²) in [4.78, 5) is 2.43. The lowest BCUT2D eigenvalue weighted by Crippen LogP contribution is -1.91. The van der Waals surface area contributed by atoms with Gasteiger partial charge in [0.05, 0.1) is 6.10 Å². The number of aryl methyl sites for hydroxylation is 2. The summed E-state index contributed by atoms with van der Waals surface area (Å²) in [6, 6.07) is 12.5. The first-order valence-electron chi connectivity index (χ1n) is 6.20. The highest BCUT2D eigenvalue weighted by molar-refractivity contribution is 9.10. The second-order valence-corrected chi connectivity index (χ2v) is 6.67. The first-order valence-corrected chi connectivity index (χ1v) is 7.81. The second kappa shape index (κ2) is 6.12. The molecule has 2 aromatic rings. The molecule has 0 amide bonds. The van der Waals surface area contributed by atoms with Gasteiger partial charge in [0.1, 0.15) is 0 Å². The quantitative estimate of drug-likeness (QED) is 0.823. The van der Waals surface area contributed by atoms with Crippen molar-refractivity contribution in [1.29, 1.82) is 0 Å². The first kappa shape index (κ1) is 14.6. The maximum atomic E-state index is 9.58. The Morgan fingerprint density at radius 2 is 1.79 bits per heavy atom. The molecule has 1 atom stereocenters. The molecule has 0 saturated heterocycles. The molecule has 1 N–H and O–H groups in total. The van der Waals surface area contributed by atoms with Crippen LogP contribution in [0.4, 0.5) is 0 Å². The number of hydrogen-bond donors (Lipinski definition) is 1. The van der Waals surface area contributed by atoms with Crippen molar-refractivity contribution in [2.75, 3.05) is 0 Å². The van der Waals surface area contributed by atoms with Gasteiger partial charge in [0.2, 0.25) is 0 Å². The monoisotopic (exact) mass is 336 g/mol. The molecule has 0 aliphatic carbocycles. The molecule has 1 nitrogen and oxygen atoms in total. The fourth-order valence-electron chi connectivity index (χ4n) is 1.80. The standard InChI is InChI=1S/C16H17BrOS/c1-10-4-5-11(2)16(8-10)19-15-7-6-13(12(3)18)9-14(15)17/h4-9,12,18H,1-3H3/t12-/m0/s1. The van der Waals surface area contributed by atoms with E-state index < -0.39 is 6.10 Å². The van der Waals surface area contributed by atoms with Crippen LogP contribution in [0.25, 0.3) is 0 Å². The number of aliphatic hydroxyl groups is 1. The molecular formula is C16H17BrOS.